The Morgan fingerprint density at radius 3 is 2.71 bits per heavy atom. The third-order valence-corrected chi connectivity index (χ3v) is 4.27. The number of rotatable bonds is 4. The van der Waals surface area contributed by atoms with Gasteiger partial charge in [0, 0.05) is 10.4 Å². The first-order valence-corrected chi connectivity index (χ1v) is 7.44. The third-order valence-electron chi connectivity index (χ3n) is 2.68. The molecule has 5 nitrogen and oxygen atoms in total. The van der Waals surface area contributed by atoms with E-state index in [-0.39, 0.29) is 11.6 Å². The van der Waals surface area contributed by atoms with E-state index in [1.165, 1.54) is 11.4 Å². The number of hydrogen-bond donors (Lipinski definition) is 1. The van der Waals surface area contributed by atoms with Crippen LogP contribution in [0.25, 0.3) is 0 Å². The number of hydrogen-bond acceptors (Lipinski definition) is 5. The molecule has 0 bridgehead atoms. The van der Waals surface area contributed by atoms with E-state index in [2.05, 4.69) is 10.3 Å². The van der Waals surface area contributed by atoms with Crippen molar-refractivity contribution in [3.63, 3.8) is 0 Å². The van der Waals surface area contributed by atoms with E-state index < -0.39 is 11.9 Å². The van der Waals surface area contributed by atoms with Gasteiger partial charge in [0.1, 0.15) is 5.01 Å². The molecule has 0 unspecified atom stereocenters. The predicted octanol–water partition coefficient (Wildman–Crippen LogP) is 2.56. The van der Waals surface area contributed by atoms with Gasteiger partial charge in [0.25, 0.3) is 0 Å². The highest BCUT2D eigenvalue weighted by atomic mass is 35.5. The van der Waals surface area contributed by atoms with E-state index in [9.17, 15) is 14.7 Å². The van der Waals surface area contributed by atoms with Crippen LogP contribution in [0, 0.1) is 0 Å². The number of nitrogens with one attached hydrogen (secondary N) is 1. The normalized spacial score (nSPS) is 12.0. The van der Waals surface area contributed by atoms with Gasteiger partial charge in [-0.15, -0.1) is 11.3 Å². The van der Waals surface area contributed by atoms with Crippen LogP contribution in [0.4, 0.5) is 5.69 Å². The molecule has 0 saturated heterocycles. The zero-order valence-electron chi connectivity index (χ0n) is 10.7. The Morgan fingerprint density at radius 2 is 2.10 bits per heavy atom. The van der Waals surface area contributed by atoms with Gasteiger partial charge in [-0.1, -0.05) is 23.2 Å². The second-order valence-electron chi connectivity index (χ2n) is 4.19. The van der Waals surface area contributed by atoms with Crippen molar-refractivity contribution >= 4 is 52.1 Å². The molecule has 1 aromatic carbocycles. The Labute approximate surface area is 134 Å². The number of benzene rings is 1. The van der Waals surface area contributed by atoms with E-state index >= 15 is 0 Å². The second-order valence-corrected chi connectivity index (χ2v) is 5.93. The van der Waals surface area contributed by atoms with Gasteiger partial charge in [-0.25, -0.2) is 4.98 Å². The van der Waals surface area contributed by atoms with Crippen LogP contribution in [0.5, 0.6) is 0 Å². The predicted molar refractivity (Wildman–Crippen MR) is 80.0 cm³/mol. The maximum Gasteiger partial charge on any atom is 0.234 e. The molecule has 2 rings (SSSR count). The van der Waals surface area contributed by atoms with Crippen LogP contribution < -0.4 is 10.4 Å². The molecule has 0 fully saturated rings. The van der Waals surface area contributed by atoms with Crippen LogP contribution in [0.2, 0.25) is 10.0 Å². The highest BCUT2D eigenvalue weighted by Crippen LogP contribution is 2.27. The Morgan fingerprint density at radius 1 is 1.38 bits per heavy atom. The monoisotopic (exact) mass is 343 g/mol. The molecule has 2 aromatic rings. The van der Waals surface area contributed by atoms with Gasteiger partial charge in [-0.05, 0) is 25.1 Å². The molecule has 0 aliphatic rings. The van der Waals surface area contributed by atoms with Crippen molar-refractivity contribution in [1.29, 1.82) is 0 Å². The molecule has 0 spiro atoms. The molecule has 8 heteroatoms. The average molecular weight is 344 g/mol. The summed E-state index contributed by atoms with van der Waals surface area (Å²) >= 11 is 12.9. The number of carboxylic acids is 1. The number of carbonyl (C=O) groups is 2. The number of carbonyl (C=O) groups excluding carboxylic acids is 2. The lowest BCUT2D eigenvalue weighted by Gasteiger charge is -2.11. The zero-order valence-corrected chi connectivity index (χ0v) is 13.1. The van der Waals surface area contributed by atoms with Gasteiger partial charge in [-0.2, -0.15) is 0 Å². The van der Waals surface area contributed by atoms with E-state index in [1.54, 1.807) is 19.1 Å². The maximum atomic E-state index is 12.1. The van der Waals surface area contributed by atoms with Crippen molar-refractivity contribution in [2.45, 2.75) is 12.8 Å². The molecule has 110 valence electrons. The lowest BCUT2D eigenvalue weighted by atomic mass is 10.1. The molecule has 1 N–H and O–H groups in total. The van der Waals surface area contributed by atoms with E-state index in [4.69, 9.17) is 23.2 Å². The first-order valence-electron chi connectivity index (χ1n) is 5.81. The SMILES string of the molecule is C[C@H](C(=O)Nc1cc(Cl)ccc1Cl)c1nc(C(=O)[O-])cs1. The lowest BCUT2D eigenvalue weighted by molar-refractivity contribution is -0.255. The quantitative estimate of drug-likeness (QED) is 0.924. The van der Waals surface area contributed by atoms with E-state index in [0.29, 0.717) is 20.7 Å². The van der Waals surface area contributed by atoms with Crippen LogP contribution in [0.1, 0.15) is 28.3 Å². The fourth-order valence-electron chi connectivity index (χ4n) is 1.53. The summed E-state index contributed by atoms with van der Waals surface area (Å²) in [7, 11) is 0. The summed E-state index contributed by atoms with van der Waals surface area (Å²) in [5, 5.41) is 15.8. The summed E-state index contributed by atoms with van der Waals surface area (Å²) in [6.45, 7) is 1.62. The number of halogens is 2. The minimum absolute atomic E-state index is 0.185. The number of thiazole rings is 1. The van der Waals surface area contributed by atoms with Gasteiger partial charge in [-0.3, -0.25) is 4.79 Å². The summed E-state index contributed by atoms with van der Waals surface area (Å²) in [5.41, 5.74) is 0.202. The molecule has 0 saturated carbocycles. The summed E-state index contributed by atoms with van der Waals surface area (Å²) in [4.78, 5) is 26.7. The molecular formula is C13H9Cl2N2O3S-. The van der Waals surface area contributed by atoms with Gasteiger partial charge in [0.2, 0.25) is 5.91 Å². The molecule has 1 amide bonds. The average Bonchev–Trinajstić information content (AvgIpc) is 2.91. The Kier molecular flexibility index (Phi) is 4.82. The van der Waals surface area contributed by atoms with E-state index in [1.807, 2.05) is 0 Å². The molecule has 1 atom stereocenters. The number of carboxylic acid groups (broad SMARTS) is 1. The zero-order chi connectivity index (χ0) is 15.6. The van der Waals surface area contributed by atoms with Crippen molar-refractivity contribution in [3.8, 4) is 0 Å². The summed E-state index contributed by atoms with van der Waals surface area (Å²) in [6, 6.07) is 4.71. The first-order chi connectivity index (χ1) is 9.88. The summed E-state index contributed by atoms with van der Waals surface area (Å²) in [6.07, 6.45) is 0. The maximum absolute atomic E-state index is 12.1. The highest BCUT2D eigenvalue weighted by molar-refractivity contribution is 7.10. The third kappa shape index (κ3) is 3.72. The number of amides is 1. The molecular weight excluding hydrogens is 335 g/mol. The van der Waals surface area contributed by atoms with Gasteiger partial charge < -0.3 is 15.2 Å². The number of aromatic nitrogens is 1. The van der Waals surface area contributed by atoms with Crippen molar-refractivity contribution in [2.75, 3.05) is 5.32 Å². The standard InChI is InChI=1S/C13H10Cl2N2O3S/c1-6(12-17-10(5-21-12)13(19)20)11(18)16-9-4-7(14)2-3-8(9)15/h2-6H,1H3,(H,16,18)(H,19,20)/p-1/t6-/m1/s1. The second kappa shape index (κ2) is 6.43. The van der Waals surface area contributed by atoms with Crippen molar-refractivity contribution in [3.05, 3.63) is 44.3 Å². The molecule has 1 heterocycles. The van der Waals surface area contributed by atoms with Crippen LogP contribution in [-0.4, -0.2) is 16.9 Å². The Hall–Kier alpha value is -1.63. The lowest BCUT2D eigenvalue weighted by Crippen LogP contribution is -2.23. The van der Waals surface area contributed by atoms with Crippen LogP contribution in [-0.2, 0) is 4.79 Å². The number of aromatic carboxylic acids is 1. The number of nitrogens with zero attached hydrogens (tertiary/aromatic N) is 1. The van der Waals surface area contributed by atoms with E-state index in [0.717, 1.165) is 11.3 Å². The summed E-state index contributed by atoms with van der Waals surface area (Å²) < 4.78 is 0. The molecule has 0 aliphatic heterocycles. The smallest absolute Gasteiger partial charge is 0.234 e. The fraction of sp³-hybridized carbons (Fsp3) is 0.154. The minimum Gasteiger partial charge on any atom is -0.543 e. The number of anilines is 1. The van der Waals surface area contributed by atoms with Crippen LogP contribution in [0.15, 0.2) is 23.6 Å². The molecule has 0 radical (unpaired) electrons. The van der Waals surface area contributed by atoms with Gasteiger partial charge in [0.05, 0.1) is 28.3 Å². The Balaban J connectivity index is 2.15. The van der Waals surface area contributed by atoms with Gasteiger partial charge >= 0.3 is 0 Å². The minimum atomic E-state index is -1.37. The van der Waals surface area contributed by atoms with Crippen LogP contribution in [0.3, 0.4) is 0 Å². The molecule has 21 heavy (non-hydrogen) atoms. The topological polar surface area (TPSA) is 82.1 Å². The van der Waals surface area contributed by atoms with Crippen molar-refractivity contribution in [2.24, 2.45) is 0 Å². The van der Waals surface area contributed by atoms with Crippen LogP contribution >= 0.6 is 34.5 Å². The fourth-order valence-corrected chi connectivity index (χ4v) is 2.71. The summed E-state index contributed by atoms with van der Waals surface area (Å²) in [5.74, 6) is -2.36. The highest BCUT2D eigenvalue weighted by Gasteiger charge is 2.20. The first kappa shape index (κ1) is 15.8. The Bertz CT molecular complexity index is 702. The van der Waals surface area contributed by atoms with Gasteiger partial charge in [0.15, 0.2) is 0 Å². The van der Waals surface area contributed by atoms with Crippen molar-refractivity contribution < 1.29 is 14.7 Å². The largest absolute Gasteiger partial charge is 0.543 e. The van der Waals surface area contributed by atoms with Crippen molar-refractivity contribution in [1.82, 2.24) is 4.98 Å². The molecule has 0 aliphatic carbocycles. The molecule has 1 aromatic heterocycles.